The zero-order valence-corrected chi connectivity index (χ0v) is 36.7. The molecule has 4 rings (SSSR count). The van der Waals surface area contributed by atoms with Gasteiger partial charge in [-0.2, -0.15) is 0 Å². The molecule has 0 unspecified atom stereocenters. The van der Waals surface area contributed by atoms with Gasteiger partial charge in [0, 0.05) is 12.2 Å². The van der Waals surface area contributed by atoms with Gasteiger partial charge in [-0.3, -0.25) is 9.59 Å². The molecule has 12 heteroatoms. The van der Waals surface area contributed by atoms with Gasteiger partial charge in [-0.1, -0.05) is 82.0 Å². The first-order chi connectivity index (χ1) is 30.2. The number of rotatable bonds is 23. The molecule has 4 aromatic rings. The van der Waals surface area contributed by atoms with E-state index < -0.39 is 5.97 Å². The molecule has 62 heavy (non-hydrogen) atoms. The smallest absolute Gasteiger partial charge is 0.343 e. The maximum Gasteiger partial charge on any atom is 0.343 e. The summed E-state index contributed by atoms with van der Waals surface area (Å²) in [7, 11) is 0. The molecule has 1 N–H and O–H groups in total. The van der Waals surface area contributed by atoms with Gasteiger partial charge in [-0.05, 0) is 131 Å². The lowest BCUT2D eigenvalue weighted by molar-refractivity contribution is -0.138. The fourth-order valence-corrected chi connectivity index (χ4v) is 4.79. The largest absolute Gasteiger partial charge is 0.494 e. The number of hydrogen-bond acceptors (Lipinski definition) is 11. The summed E-state index contributed by atoms with van der Waals surface area (Å²) in [6.07, 6.45) is 11.0. The van der Waals surface area contributed by atoms with E-state index in [1.165, 1.54) is 23.3 Å². The number of carbonyl (C=O) groups is 5. The summed E-state index contributed by atoms with van der Waals surface area (Å²) in [5.74, 6) is 1.63. The number of carboxylic acid groups (broad SMARTS) is 1. The molecule has 0 aromatic heterocycles. The van der Waals surface area contributed by atoms with Crippen molar-refractivity contribution in [2.45, 2.75) is 85.5 Å². The van der Waals surface area contributed by atoms with Crippen LogP contribution in [0, 0.1) is 6.92 Å². The van der Waals surface area contributed by atoms with Gasteiger partial charge in [0.05, 0.1) is 32.0 Å². The molecular weight excluding hydrogens is 793 g/mol. The Morgan fingerprint density at radius 2 is 0.984 bits per heavy atom. The molecule has 0 bridgehead atoms. The lowest BCUT2D eigenvalue weighted by Gasteiger charge is -2.08. The molecule has 336 valence electrons. The topological polar surface area (TPSA) is 161 Å². The minimum atomic E-state index is -0.391. The maximum absolute atomic E-state index is 12.2. The van der Waals surface area contributed by atoms with Gasteiger partial charge in [0.25, 0.3) is 12.9 Å². The summed E-state index contributed by atoms with van der Waals surface area (Å²) >= 11 is 0. The Morgan fingerprint density at radius 3 is 1.40 bits per heavy atom. The van der Waals surface area contributed by atoms with E-state index in [-0.39, 0.29) is 18.4 Å². The average molecular weight is 857 g/mol. The molecule has 0 spiro atoms. The van der Waals surface area contributed by atoms with E-state index >= 15 is 0 Å². The van der Waals surface area contributed by atoms with Crippen molar-refractivity contribution in [1.29, 1.82) is 0 Å². The number of para-hydroxylation sites is 1. The summed E-state index contributed by atoms with van der Waals surface area (Å²) < 4.78 is 31.0. The quantitative estimate of drug-likeness (QED) is 0.0247. The number of unbranched alkanes of at least 4 members (excludes halogenated alkanes) is 6. The third-order valence-corrected chi connectivity index (χ3v) is 8.02. The molecule has 0 saturated heterocycles. The van der Waals surface area contributed by atoms with E-state index in [0.29, 0.717) is 49.1 Å². The van der Waals surface area contributed by atoms with Crippen LogP contribution in [0.4, 0.5) is 0 Å². The van der Waals surface area contributed by atoms with Gasteiger partial charge in [-0.15, -0.1) is 0 Å². The molecule has 4 aromatic carbocycles. The molecule has 12 nitrogen and oxygen atoms in total. The van der Waals surface area contributed by atoms with Crippen LogP contribution >= 0.6 is 0 Å². The van der Waals surface area contributed by atoms with Crippen LogP contribution in [-0.2, 0) is 35.1 Å². The maximum atomic E-state index is 12.2. The van der Waals surface area contributed by atoms with Crippen molar-refractivity contribution in [3.8, 4) is 23.0 Å². The van der Waals surface area contributed by atoms with Crippen molar-refractivity contribution < 1.29 is 57.5 Å². The monoisotopic (exact) mass is 856 g/mol. The van der Waals surface area contributed by atoms with Gasteiger partial charge >= 0.3 is 17.9 Å². The van der Waals surface area contributed by atoms with Gasteiger partial charge in [0.1, 0.15) is 23.0 Å². The van der Waals surface area contributed by atoms with E-state index in [2.05, 4.69) is 31.7 Å². The number of carbonyl (C=O) groups excluding carboxylic acids is 4. The van der Waals surface area contributed by atoms with E-state index in [4.69, 9.17) is 33.6 Å². The van der Waals surface area contributed by atoms with Crippen molar-refractivity contribution in [2.24, 2.45) is 0 Å². The van der Waals surface area contributed by atoms with E-state index in [1.807, 2.05) is 56.3 Å². The molecule has 0 saturated carbocycles. The average Bonchev–Trinajstić information content (AvgIpc) is 3.30. The van der Waals surface area contributed by atoms with Crippen LogP contribution in [0.1, 0.15) is 93.6 Å². The van der Waals surface area contributed by atoms with Crippen LogP contribution in [0.5, 0.6) is 23.0 Å². The lowest BCUT2D eigenvalue weighted by Crippen LogP contribution is -2.08. The summed E-state index contributed by atoms with van der Waals surface area (Å²) in [6, 6.07) is 31.4. The fraction of sp³-hybridized carbons (Fsp3) is 0.340. The molecule has 0 heterocycles. The van der Waals surface area contributed by atoms with Crippen molar-refractivity contribution in [2.75, 3.05) is 26.4 Å². The predicted molar refractivity (Wildman–Crippen MR) is 242 cm³/mol. The first-order valence-corrected chi connectivity index (χ1v) is 20.7. The van der Waals surface area contributed by atoms with Gasteiger partial charge < -0.3 is 33.5 Å². The summed E-state index contributed by atoms with van der Waals surface area (Å²) in [5.41, 5.74) is 2.91. The normalized spacial score (nSPS) is 9.35. The molecule has 0 aliphatic carbocycles. The summed E-state index contributed by atoms with van der Waals surface area (Å²) in [5, 5.41) is 6.89. The first kappa shape index (κ1) is 55.3. The SMILES string of the molecule is C=CC(=O)OCCCCCCOc1ccc(C(=O)Oc2ccc(CC)cc2)cc1.C=CC(=O)OCCCCCCOc1ccc(C)cc1.CC.O=CO.O=COc1ccccc1. The third-order valence-electron chi connectivity index (χ3n) is 8.02. The zero-order valence-electron chi connectivity index (χ0n) is 36.7. The number of benzene rings is 4. The highest BCUT2D eigenvalue weighted by Gasteiger charge is 2.09. The van der Waals surface area contributed by atoms with Crippen molar-refractivity contribution >= 4 is 30.9 Å². The molecule has 0 aliphatic rings. The number of ether oxygens (including phenoxy) is 6. The Labute approximate surface area is 367 Å². The van der Waals surface area contributed by atoms with Gasteiger partial charge in [0.15, 0.2) is 0 Å². The minimum Gasteiger partial charge on any atom is -0.494 e. The Morgan fingerprint density at radius 1 is 0.565 bits per heavy atom. The minimum absolute atomic E-state index is 0.250. The van der Waals surface area contributed by atoms with E-state index in [9.17, 15) is 19.2 Å². The molecule has 0 fully saturated rings. The Hall–Kier alpha value is -6.69. The zero-order chi connectivity index (χ0) is 46.1. The molecule has 0 radical (unpaired) electrons. The first-order valence-electron chi connectivity index (χ1n) is 20.7. The van der Waals surface area contributed by atoms with Crippen molar-refractivity contribution in [3.05, 3.63) is 145 Å². The second kappa shape index (κ2) is 38.5. The van der Waals surface area contributed by atoms with Crippen LogP contribution in [0.2, 0.25) is 0 Å². The van der Waals surface area contributed by atoms with E-state index in [0.717, 1.165) is 70.1 Å². The van der Waals surface area contributed by atoms with Gasteiger partial charge in [-0.25, -0.2) is 14.4 Å². The van der Waals surface area contributed by atoms with E-state index in [1.54, 1.807) is 60.7 Å². The van der Waals surface area contributed by atoms with Crippen molar-refractivity contribution in [3.63, 3.8) is 0 Å². The second-order valence-electron chi connectivity index (χ2n) is 12.6. The standard InChI is InChI=1S/C24H28O5.C16H22O3.C7H6O2.C2H6.CH2O2/c1-3-19-9-13-22(14-10-19)29-24(26)20-11-15-21(16-12-20)27-17-7-5-6-8-18-28-23(25)4-2;1-3-16(17)19-13-7-5-4-6-12-18-15-10-8-14(2)9-11-15;8-6-9-7-4-2-1-3-5-7;1-2;2-1-3/h4,9-16H,2-3,5-8,17-18H2,1H3;3,8-11H,1,4-7,12-13H2,2H3;1-6H;1-2H3;1H,(H,2,3). The van der Waals surface area contributed by atoms with Crippen LogP contribution in [0.3, 0.4) is 0 Å². The molecule has 0 amide bonds. The Kier molecular flexibility index (Phi) is 34.4. The van der Waals surface area contributed by atoms with Crippen LogP contribution in [-0.4, -0.2) is 62.4 Å². The van der Waals surface area contributed by atoms with Crippen LogP contribution in [0.15, 0.2) is 128 Å². The van der Waals surface area contributed by atoms with Gasteiger partial charge in [0.2, 0.25) is 0 Å². The number of esters is 3. The predicted octanol–water partition coefficient (Wildman–Crippen LogP) is 10.7. The highest BCUT2D eigenvalue weighted by molar-refractivity contribution is 5.91. The lowest BCUT2D eigenvalue weighted by atomic mass is 10.2. The Balaban J connectivity index is 0.000000959. The summed E-state index contributed by atoms with van der Waals surface area (Å²) in [4.78, 5) is 52.0. The molecule has 0 atom stereocenters. The van der Waals surface area contributed by atoms with Crippen LogP contribution in [0.25, 0.3) is 0 Å². The summed E-state index contributed by atoms with van der Waals surface area (Å²) in [6.45, 7) is 17.2. The Bertz CT molecular complexity index is 1770. The number of hydrogen-bond donors (Lipinski definition) is 1. The van der Waals surface area contributed by atoms with Crippen molar-refractivity contribution in [1.82, 2.24) is 0 Å². The number of aryl methyl sites for hydroxylation is 2. The molecular formula is C50H64O12. The molecule has 0 aliphatic heterocycles. The van der Waals surface area contributed by atoms with Crippen LogP contribution < -0.4 is 18.9 Å². The highest BCUT2D eigenvalue weighted by atomic mass is 16.5. The highest BCUT2D eigenvalue weighted by Crippen LogP contribution is 2.18. The fourth-order valence-electron chi connectivity index (χ4n) is 4.79. The third kappa shape index (κ3) is 29.5. The second-order valence-corrected chi connectivity index (χ2v) is 12.6.